The van der Waals surface area contributed by atoms with Gasteiger partial charge in [-0.2, -0.15) is 0 Å². The summed E-state index contributed by atoms with van der Waals surface area (Å²) in [5.74, 6) is -7.17. The fourth-order valence-electron chi connectivity index (χ4n) is 4.26. The molecule has 0 spiro atoms. The number of aliphatic carboxylic acids is 1. The van der Waals surface area contributed by atoms with Gasteiger partial charge in [-0.3, -0.25) is 33.6 Å². The van der Waals surface area contributed by atoms with Crippen LogP contribution in [0.15, 0.2) is 0 Å². The Bertz CT molecular complexity index is 1070. The van der Waals surface area contributed by atoms with Crippen LogP contribution in [0.25, 0.3) is 0 Å². The van der Waals surface area contributed by atoms with Crippen LogP contribution in [-0.2, 0) is 38.4 Å². The van der Waals surface area contributed by atoms with E-state index in [0.29, 0.717) is 6.42 Å². The predicted octanol–water partition coefficient (Wildman–Crippen LogP) is -4.86. The Morgan fingerprint density at radius 3 is 2.02 bits per heavy atom. The van der Waals surface area contributed by atoms with Crippen LogP contribution in [0.5, 0.6) is 0 Å². The number of primary amides is 2. The van der Waals surface area contributed by atoms with E-state index in [9.17, 15) is 38.4 Å². The number of hydrogen-bond donors (Lipinski definition) is 9. The van der Waals surface area contributed by atoms with Gasteiger partial charge in [-0.15, -0.1) is 0 Å². The Kier molecular flexibility index (Phi) is 15.0. The monoisotopic (exact) mass is 614 g/mol. The number of carboxylic acids is 1. The van der Waals surface area contributed by atoms with Crippen LogP contribution in [0.1, 0.15) is 52.4 Å². The molecule has 0 unspecified atom stereocenters. The Morgan fingerprint density at radius 1 is 0.884 bits per heavy atom. The lowest BCUT2D eigenvalue weighted by atomic mass is 10.0. The Hall–Kier alpha value is -4.32. The third kappa shape index (κ3) is 12.2. The van der Waals surface area contributed by atoms with Crippen LogP contribution >= 0.6 is 0 Å². The van der Waals surface area contributed by atoms with Gasteiger partial charge in [0.05, 0.1) is 19.2 Å². The molecular weight excluding hydrogens is 572 g/mol. The highest BCUT2D eigenvalue weighted by Gasteiger charge is 2.37. The molecule has 0 bridgehead atoms. The number of likely N-dealkylation sites (tertiary alicyclic amines) is 1. The van der Waals surface area contributed by atoms with E-state index in [4.69, 9.17) is 27.4 Å². The number of rotatable bonds is 18. The summed E-state index contributed by atoms with van der Waals surface area (Å²) < 4.78 is 0. The lowest BCUT2D eigenvalue weighted by Crippen LogP contribution is -2.57. The van der Waals surface area contributed by atoms with Crippen LogP contribution in [0.3, 0.4) is 0 Å². The number of nitrogens with zero attached hydrogens (tertiary/aromatic N) is 1. The number of nitrogens with two attached hydrogens (primary N) is 3. The van der Waals surface area contributed by atoms with E-state index >= 15 is 0 Å². The number of carbonyl (C=O) groups excluding carboxylic acids is 7. The van der Waals surface area contributed by atoms with Gasteiger partial charge >= 0.3 is 5.97 Å². The summed E-state index contributed by atoms with van der Waals surface area (Å²) in [6.45, 7) is 1.85. The topological polar surface area (TPSA) is 306 Å². The molecule has 18 heteroatoms. The molecule has 12 N–H and O–H groups in total. The highest BCUT2D eigenvalue weighted by Crippen LogP contribution is 2.19. The minimum atomic E-state index is -1.59. The summed E-state index contributed by atoms with van der Waals surface area (Å²) in [4.78, 5) is 98.6. The van der Waals surface area contributed by atoms with Crippen molar-refractivity contribution in [2.75, 3.05) is 19.7 Å². The number of carboxylic acid groups (broad SMARTS) is 1. The maximum Gasteiger partial charge on any atom is 0.328 e. The van der Waals surface area contributed by atoms with Gasteiger partial charge in [0.15, 0.2) is 0 Å². The number of aliphatic hydroxyl groups is 1. The van der Waals surface area contributed by atoms with Crippen molar-refractivity contribution in [2.24, 2.45) is 23.1 Å². The summed E-state index contributed by atoms with van der Waals surface area (Å²) in [5, 5.41) is 27.4. The van der Waals surface area contributed by atoms with Crippen molar-refractivity contribution < 1.29 is 48.6 Å². The molecule has 0 aliphatic carbocycles. The van der Waals surface area contributed by atoms with E-state index in [1.807, 2.05) is 0 Å². The smallest absolute Gasteiger partial charge is 0.328 e. The molecule has 1 rings (SSSR count). The third-order valence-electron chi connectivity index (χ3n) is 6.66. The van der Waals surface area contributed by atoms with E-state index in [-0.39, 0.29) is 38.6 Å². The van der Waals surface area contributed by atoms with Crippen molar-refractivity contribution in [1.82, 2.24) is 26.2 Å². The minimum absolute atomic E-state index is 0.00832. The average molecular weight is 615 g/mol. The minimum Gasteiger partial charge on any atom is -0.480 e. The number of nitrogens with one attached hydrogen (secondary N) is 4. The van der Waals surface area contributed by atoms with Crippen molar-refractivity contribution in [3.63, 3.8) is 0 Å². The molecule has 0 aromatic carbocycles. The quantitative estimate of drug-likeness (QED) is 0.0705. The van der Waals surface area contributed by atoms with E-state index < -0.39 is 96.6 Å². The molecule has 43 heavy (non-hydrogen) atoms. The number of amides is 7. The molecule has 1 fully saturated rings. The van der Waals surface area contributed by atoms with Crippen LogP contribution in [-0.4, -0.2) is 112 Å². The van der Waals surface area contributed by atoms with Gasteiger partial charge in [0.1, 0.15) is 24.2 Å². The molecule has 0 aromatic heterocycles. The largest absolute Gasteiger partial charge is 0.480 e. The molecule has 0 saturated carbocycles. The van der Waals surface area contributed by atoms with Crippen molar-refractivity contribution in [3.05, 3.63) is 0 Å². The van der Waals surface area contributed by atoms with Gasteiger partial charge in [-0.05, 0) is 31.6 Å². The van der Waals surface area contributed by atoms with Gasteiger partial charge in [0, 0.05) is 19.4 Å². The second kappa shape index (κ2) is 17.6. The molecule has 0 radical (unpaired) electrons. The van der Waals surface area contributed by atoms with Gasteiger partial charge in [-0.1, -0.05) is 13.8 Å². The van der Waals surface area contributed by atoms with E-state index in [1.54, 1.807) is 13.8 Å². The number of carbonyl (C=O) groups is 8. The van der Waals surface area contributed by atoms with Crippen LogP contribution in [0.4, 0.5) is 0 Å². The zero-order valence-electron chi connectivity index (χ0n) is 24.2. The van der Waals surface area contributed by atoms with E-state index in [0.717, 1.165) is 0 Å². The number of hydrogen-bond acceptors (Lipinski definition) is 10. The lowest BCUT2D eigenvalue weighted by molar-refractivity contribution is -0.143. The SMILES string of the molecule is CC(C)[C@H](NC(=O)CNC(=O)[C@H](CCC(N)=O)NC(=O)[C@@H]1CCCN1C(=O)[C@@H](N)CCC(N)=O)C(=O)N[C@@H](CO)C(=O)O. The average Bonchev–Trinajstić information content (AvgIpc) is 3.43. The summed E-state index contributed by atoms with van der Waals surface area (Å²) in [5.41, 5.74) is 16.2. The first-order valence-corrected chi connectivity index (χ1v) is 13.7. The predicted molar refractivity (Wildman–Crippen MR) is 148 cm³/mol. The van der Waals surface area contributed by atoms with Crippen LogP contribution in [0.2, 0.25) is 0 Å². The van der Waals surface area contributed by atoms with Crippen molar-refractivity contribution in [1.29, 1.82) is 0 Å². The van der Waals surface area contributed by atoms with Crippen molar-refractivity contribution in [2.45, 2.75) is 82.6 Å². The lowest BCUT2D eigenvalue weighted by Gasteiger charge is -2.28. The first-order chi connectivity index (χ1) is 20.1. The summed E-state index contributed by atoms with van der Waals surface area (Å²) in [6, 6.07) is -6.15. The molecule has 1 heterocycles. The van der Waals surface area contributed by atoms with Crippen molar-refractivity contribution >= 4 is 47.3 Å². The standard InChI is InChI=1S/C25H42N8O10/c1-12(2)20(23(40)31-15(11-34)25(42)43)32-19(37)10-29-21(38)14(6-8-18(28)36)30-22(39)16-4-3-9-33(16)24(41)13(26)5-7-17(27)35/h12-16,20,34H,3-11,26H2,1-2H3,(H2,27,35)(H2,28,36)(H,29,38)(H,30,39)(H,31,40)(H,32,37)(H,42,43)/t13-,14-,15-,16-,20-/m0/s1. The Morgan fingerprint density at radius 2 is 1.49 bits per heavy atom. The van der Waals surface area contributed by atoms with E-state index in [2.05, 4.69) is 21.3 Å². The molecule has 0 aromatic rings. The normalized spacial score (nSPS) is 17.2. The molecule has 1 aliphatic heterocycles. The molecule has 5 atom stereocenters. The summed E-state index contributed by atoms with van der Waals surface area (Å²) in [7, 11) is 0. The zero-order chi connectivity index (χ0) is 32.9. The Balaban J connectivity index is 2.87. The van der Waals surface area contributed by atoms with Gasteiger partial charge in [0.25, 0.3) is 0 Å². The maximum absolute atomic E-state index is 13.1. The highest BCUT2D eigenvalue weighted by molar-refractivity contribution is 5.95. The maximum atomic E-state index is 13.1. The molecule has 7 amide bonds. The van der Waals surface area contributed by atoms with Crippen LogP contribution in [0, 0.1) is 5.92 Å². The van der Waals surface area contributed by atoms with Gasteiger partial charge in [0.2, 0.25) is 41.4 Å². The fourth-order valence-corrected chi connectivity index (χ4v) is 4.26. The van der Waals surface area contributed by atoms with Gasteiger partial charge in [-0.25, -0.2) is 4.79 Å². The first kappa shape index (κ1) is 36.7. The molecular formula is C25H42N8O10. The first-order valence-electron chi connectivity index (χ1n) is 13.7. The highest BCUT2D eigenvalue weighted by atomic mass is 16.4. The van der Waals surface area contributed by atoms with E-state index in [1.165, 1.54) is 4.90 Å². The third-order valence-corrected chi connectivity index (χ3v) is 6.66. The molecule has 1 aliphatic rings. The summed E-state index contributed by atoms with van der Waals surface area (Å²) >= 11 is 0. The molecule has 242 valence electrons. The molecule has 1 saturated heterocycles. The second-order valence-corrected chi connectivity index (χ2v) is 10.5. The number of aliphatic hydroxyl groups excluding tert-OH is 1. The summed E-state index contributed by atoms with van der Waals surface area (Å²) in [6.07, 6.45) is 0.106. The van der Waals surface area contributed by atoms with Crippen molar-refractivity contribution in [3.8, 4) is 0 Å². The second-order valence-electron chi connectivity index (χ2n) is 10.5. The fraction of sp³-hybridized carbons (Fsp3) is 0.680. The zero-order valence-corrected chi connectivity index (χ0v) is 24.2. The Labute approximate surface area is 247 Å². The van der Waals surface area contributed by atoms with Crippen LogP contribution < -0.4 is 38.5 Å². The van der Waals surface area contributed by atoms with Gasteiger partial charge < -0.3 is 53.6 Å². The molecule has 18 nitrogen and oxygen atoms in total.